The minimum absolute atomic E-state index is 0.131. The largest absolute Gasteiger partial charge is 0.359 e. The van der Waals surface area contributed by atoms with E-state index in [2.05, 4.69) is 5.32 Å². The van der Waals surface area contributed by atoms with Crippen molar-refractivity contribution in [2.24, 2.45) is 0 Å². The average molecular weight is 274 g/mol. The van der Waals surface area contributed by atoms with E-state index >= 15 is 0 Å². The van der Waals surface area contributed by atoms with Crippen LogP contribution in [0.4, 0.5) is 0 Å². The number of hydrogen-bond donors (Lipinski definition) is 1. The Hall–Kier alpha value is -2.17. The van der Waals surface area contributed by atoms with Crippen molar-refractivity contribution < 1.29 is 14.4 Å². The van der Waals surface area contributed by atoms with Gasteiger partial charge in [0.25, 0.3) is 5.91 Å². The molecule has 5 heteroatoms. The van der Waals surface area contributed by atoms with Gasteiger partial charge in [0.2, 0.25) is 5.91 Å². The second kappa shape index (κ2) is 5.86. The third-order valence-corrected chi connectivity index (χ3v) is 3.75. The van der Waals surface area contributed by atoms with Gasteiger partial charge >= 0.3 is 0 Å². The summed E-state index contributed by atoms with van der Waals surface area (Å²) < 4.78 is 0. The predicted molar refractivity (Wildman–Crippen MR) is 74.2 cm³/mol. The molecule has 2 amide bonds. The maximum atomic E-state index is 12.4. The first-order valence-electron chi connectivity index (χ1n) is 6.67. The van der Waals surface area contributed by atoms with Crippen LogP contribution in [0.1, 0.15) is 41.7 Å². The van der Waals surface area contributed by atoms with Gasteiger partial charge in [0.05, 0.1) is 12.1 Å². The lowest BCUT2D eigenvalue weighted by Gasteiger charge is -2.28. The zero-order valence-corrected chi connectivity index (χ0v) is 11.6. The average Bonchev–Trinajstić information content (AvgIpc) is 2.73. The number of nitrogens with zero attached hydrogens (tertiary/aromatic N) is 1. The zero-order chi connectivity index (χ0) is 14.7. The van der Waals surface area contributed by atoms with Crippen molar-refractivity contribution in [2.75, 3.05) is 7.05 Å². The molecule has 5 nitrogen and oxygen atoms in total. The van der Waals surface area contributed by atoms with Crippen LogP contribution in [-0.2, 0) is 9.59 Å². The fraction of sp³-hybridized carbons (Fsp3) is 0.400. The van der Waals surface area contributed by atoms with E-state index < -0.39 is 6.04 Å². The van der Waals surface area contributed by atoms with Gasteiger partial charge < -0.3 is 15.0 Å². The molecule has 0 aliphatic carbocycles. The SMILES string of the molecule is CNC(=O)CCC(C=O)N1C(=O)c2ccccc2C1C. The van der Waals surface area contributed by atoms with Crippen LogP contribution in [0.25, 0.3) is 0 Å². The number of rotatable bonds is 5. The number of hydrogen-bond acceptors (Lipinski definition) is 3. The fourth-order valence-electron chi connectivity index (χ4n) is 2.64. The highest BCUT2D eigenvalue weighted by Gasteiger charge is 2.37. The van der Waals surface area contributed by atoms with Crippen molar-refractivity contribution in [1.29, 1.82) is 0 Å². The monoisotopic (exact) mass is 274 g/mol. The molecule has 1 aromatic carbocycles. The topological polar surface area (TPSA) is 66.5 Å². The predicted octanol–water partition coefficient (Wildman–Crippen LogP) is 1.30. The van der Waals surface area contributed by atoms with E-state index in [1.54, 1.807) is 18.0 Å². The smallest absolute Gasteiger partial charge is 0.255 e. The number of carbonyl (C=O) groups excluding carboxylic acids is 3. The third kappa shape index (κ3) is 2.43. The van der Waals surface area contributed by atoms with E-state index in [-0.39, 0.29) is 24.3 Å². The summed E-state index contributed by atoms with van der Waals surface area (Å²) in [6, 6.07) is 6.66. The zero-order valence-electron chi connectivity index (χ0n) is 11.6. The van der Waals surface area contributed by atoms with Crippen molar-refractivity contribution in [3.63, 3.8) is 0 Å². The van der Waals surface area contributed by atoms with E-state index in [1.165, 1.54) is 0 Å². The van der Waals surface area contributed by atoms with Crippen molar-refractivity contribution in [2.45, 2.75) is 31.8 Å². The molecule has 2 rings (SSSR count). The first kappa shape index (κ1) is 14.2. The Morgan fingerprint density at radius 2 is 2.15 bits per heavy atom. The molecular weight excluding hydrogens is 256 g/mol. The van der Waals surface area contributed by atoms with Gasteiger partial charge in [-0.05, 0) is 25.0 Å². The Balaban J connectivity index is 2.18. The molecule has 2 unspecified atom stereocenters. The molecule has 0 spiro atoms. The maximum Gasteiger partial charge on any atom is 0.255 e. The molecule has 1 aromatic rings. The normalized spacial score (nSPS) is 18.6. The molecule has 2 atom stereocenters. The number of fused-ring (bicyclic) bond motifs is 1. The molecule has 0 saturated heterocycles. The Bertz CT molecular complexity index is 542. The van der Waals surface area contributed by atoms with Gasteiger partial charge in [0.1, 0.15) is 6.29 Å². The summed E-state index contributed by atoms with van der Waals surface area (Å²) in [7, 11) is 1.55. The highest BCUT2D eigenvalue weighted by atomic mass is 16.2. The van der Waals surface area contributed by atoms with Crippen LogP contribution in [0.15, 0.2) is 24.3 Å². The van der Waals surface area contributed by atoms with E-state index in [4.69, 9.17) is 0 Å². The molecule has 0 fully saturated rings. The molecular formula is C15H18N2O3. The van der Waals surface area contributed by atoms with Crippen molar-refractivity contribution >= 4 is 18.1 Å². The summed E-state index contributed by atoms with van der Waals surface area (Å²) >= 11 is 0. The summed E-state index contributed by atoms with van der Waals surface area (Å²) in [6.07, 6.45) is 1.32. The molecule has 1 heterocycles. The van der Waals surface area contributed by atoms with Crippen molar-refractivity contribution in [1.82, 2.24) is 10.2 Å². The van der Waals surface area contributed by atoms with Gasteiger partial charge in [-0.1, -0.05) is 18.2 Å². The molecule has 20 heavy (non-hydrogen) atoms. The first-order chi connectivity index (χ1) is 9.60. The van der Waals surface area contributed by atoms with Gasteiger partial charge in [-0.2, -0.15) is 0 Å². The van der Waals surface area contributed by atoms with Gasteiger partial charge in [0, 0.05) is 19.0 Å². The lowest BCUT2D eigenvalue weighted by molar-refractivity contribution is -0.121. The highest BCUT2D eigenvalue weighted by Crippen LogP contribution is 2.35. The van der Waals surface area contributed by atoms with Gasteiger partial charge in [0.15, 0.2) is 0 Å². The van der Waals surface area contributed by atoms with Crippen LogP contribution < -0.4 is 5.32 Å². The van der Waals surface area contributed by atoms with E-state index in [9.17, 15) is 14.4 Å². The summed E-state index contributed by atoms with van der Waals surface area (Å²) in [5.41, 5.74) is 1.58. The van der Waals surface area contributed by atoms with Gasteiger partial charge in [-0.25, -0.2) is 0 Å². The van der Waals surface area contributed by atoms with Crippen LogP contribution in [0.5, 0.6) is 0 Å². The summed E-state index contributed by atoms with van der Waals surface area (Å²) in [5, 5.41) is 2.52. The molecule has 1 N–H and O–H groups in total. The third-order valence-electron chi connectivity index (χ3n) is 3.75. The van der Waals surface area contributed by atoms with Crippen LogP contribution in [0, 0.1) is 0 Å². The van der Waals surface area contributed by atoms with Crippen LogP contribution in [0.2, 0.25) is 0 Å². The van der Waals surface area contributed by atoms with Gasteiger partial charge in [-0.3, -0.25) is 9.59 Å². The Kier molecular flexibility index (Phi) is 4.17. The second-order valence-electron chi connectivity index (χ2n) is 4.89. The van der Waals surface area contributed by atoms with E-state index in [0.717, 1.165) is 11.8 Å². The number of amides is 2. The van der Waals surface area contributed by atoms with E-state index in [1.807, 2.05) is 25.1 Å². The highest BCUT2D eigenvalue weighted by molar-refractivity contribution is 6.00. The number of aldehydes is 1. The molecule has 106 valence electrons. The van der Waals surface area contributed by atoms with E-state index in [0.29, 0.717) is 12.0 Å². The maximum absolute atomic E-state index is 12.4. The minimum Gasteiger partial charge on any atom is -0.359 e. The quantitative estimate of drug-likeness (QED) is 0.823. The Morgan fingerprint density at radius 3 is 2.75 bits per heavy atom. The number of carbonyl (C=O) groups is 3. The molecule has 1 aliphatic rings. The van der Waals surface area contributed by atoms with Crippen molar-refractivity contribution in [3.05, 3.63) is 35.4 Å². The molecule has 1 aliphatic heterocycles. The fourth-order valence-corrected chi connectivity index (χ4v) is 2.64. The molecule has 0 bridgehead atoms. The van der Waals surface area contributed by atoms with Gasteiger partial charge in [-0.15, -0.1) is 0 Å². The first-order valence-corrected chi connectivity index (χ1v) is 6.67. The minimum atomic E-state index is -0.567. The number of nitrogens with one attached hydrogen (secondary N) is 1. The molecule has 0 aromatic heterocycles. The molecule has 0 saturated carbocycles. The molecule has 0 radical (unpaired) electrons. The lowest BCUT2D eigenvalue weighted by Crippen LogP contribution is -2.39. The van der Waals surface area contributed by atoms with Crippen LogP contribution in [0.3, 0.4) is 0 Å². The second-order valence-corrected chi connectivity index (χ2v) is 4.89. The van der Waals surface area contributed by atoms with Crippen LogP contribution >= 0.6 is 0 Å². The van der Waals surface area contributed by atoms with Crippen molar-refractivity contribution in [3.8, 4) is 0 Å². The summed E-state index contributed by atoms with van der Waals surface area (Å²) in [6.45, 7) is 1.90. The standard InChI is InChI=1S/C15H18N2O3/c1-10-12-5-3-4-6-13(12)15(20)17(10)11(9-18)7-8-14(19)16-2/h3-6,9-11H,7-8H2,1-2H3,(H,16,19). The summed E-state index contributed by atoms with van der Waals surface area (Å²) in [5.74, 6) is -0.268. The summed E-state index contributed by atoms with van der Waals surface area (Å²) in [4.78, 5) is 36.6. The Morgan fingerprint density at radius 1 is 1.45 bits per heavy atom. The number of benzene rings is 1. The Labute approximate surface area is 118 Å². The van der Waals surface area contributed by atoms with Crippen LogP contribution in [-0.4, -0.2) is 36.1 Å². The lowest BCUT2D eigenvalue weighted by atomic mass is 10.1.